The number of methoxy groups -OCH3 is 1. The van der Waals surface area contributed by atoms with Crippen molar-refractivity contribution in [1.29, 1.82) is 0 Å². The first-order valence-corrected chi connectivity index (χ1v) is 10.3. The lowest BCUT2D eigenvalue weighted by molar-refractivity contribution is -0.115. The van der Waals surface area contributed by atoms with Gasteiger partial charge in [-0.3, -0.25) is 9.59 Å². The molecule has 0 atom stereocenters. The molecule has 3 aromatic rings. The van der Waals surface area contributed by atoms with E-state index in [1.807, 2.05) is 24.3 Å². The zero-order chi connectivity index (χ0) is 21.8. The van der Waals surface area contributed by atoms with E-state index in [1.54, 1.807) is 66.6 Å². The number of carbonyl (C=O) groups is 2. The molecule has 0 unspecified atom stereocenters. The Hall–Kier alpha value is -3.57. The number of carbonyl (C=O) groups excluding carboxylic acids is 2. The second-order valence-electron chi connectivity index (χ2n) is 7.13. The molecular formula is C25H21ClN2O3. The van der Waals surface area contributed by atoms with Gasteiger partial charge in [-0.1, -0.05) is 41.9 Å². The molecular weight excluding hydrogens is 412 g/mol. The van der Waals surface area contributed by atoms with Crippen LogP contribution in [0.2, 0.25) is 5.02 Å². The van der Waals surface area contributed by atoms with E-state index in [9.17, 15) is 9.59 Å². The maximum atomic E-state index is 13.4. The van der Waals surface area contributed by atoms with Crippen molar-refractivity contribution < 1.29 is 14.3 Å². The first-order chi connectivity index (χ1) is 15.0. The zero-order valence-electron chi connectivity index (χ0n) is 17.0. The Morgan fingerprint density at radius 1 is 1.00 bits per heavy atom. The molecule has 0 saturated carbocycles. The lowest BCUT2D eigenvalue weighted by Crippen LogP contribution is -2.37. The molecule has 1 aliphatic rings. The highest BCUT2D eigenvalue weighted by atomic mass is 35.5. The minimum atomic E-state index is -0.372. The van der Waals surface area contributed by atoms with Crippen LogP contribution >= 0.6 is 11.6 Å². The number of amides is 2. The molecule has 1 heterocycles. The van der Waals surface area contributed by atoms with Gasteiger partial charge in [0.05, 0.1) is 7.11 Å². The van der Waals surface area contributed by atoms with Crippen LogP contribution in [0.4, 0.5) is 5.69 Å². The molecule has 2 amide bonds. The summed E-state index contributed by atoms with van der Waals surface area (Å²) in [7, 11) is 1.56. The molecule has 0 radical (unpaired) electrons. The smallest absolute Gasteiger partial charge is 0.274 e. The lowest BCUT2D eigenvalue weighted by atomic mass is 10.1. The van der Waals surface area contributed by atoms with Crippen LogP contribution in [-0.2, 0) is 11.2 Å². The molecule has 4 rings (SSSR count). The Morgan fingerprint density at radius 3 is 2.42 bits per heavy atom. The standard InChI is InChI=1S/C25H21ClN2O3/c1-31-21-12-8-19(9-13-21)24(29)27-22(16-17-6-10-20(26)11-7-17)25(30)28-15-14-18-4-2-3-5-23(18)28/h2-13,16H,14-15H2,1H3,(H,27,29). The van der Waals surface area contributed by atoms with E-state index >= 15 is 0 Å². The summed E-state index contributed by atoms with van der Waals surface area (Å²) in [4.78, 5) is 28.0. The number of anilines is 1. The van der Waals surface area contributed by atoms with Crippen LogP contribution < -0.4 is 15.0 Å². The largest absolute Gasteiger partial charge is 0.497 e. The van der Waals surface area contributed by atoms with Crippen molar-refractivity contribution in [2.45, 2.75) is 6.42 Å². The third kappa shape index (κ3) is 4.62. The van der Waals surface area contributed by atoms with E-state index in [0.717, 1.165) is 23.2 Å². The summed E-state index contributed by atoms with van der Waals surface area (Å²) in [5, 5.41) is 3.40. The molecule has 0 bridgehead atoms. The van der Waals surface area contributed by atoms with Crippen LogP contribution in [-0.4, -0.2) is 25.5 Å². The van der Waals surface area contributed by atoms with Gasteiger partial charge in [0.15, 0.2) is 0 Å². The predicted octanol–water partition coefficient (Wildman–Crippen LogP) is 4.71. The fourth-order valence-corrected chi connectivity index (χ4v) is 3.63. The number of fused-ring (bicyclic) bond motifs is 1. The molecule has 1 aliphatic heterocycles. The Morgan fingerprint density at radius 2 is 1.71 bits per heavy atom. The lowest BCUT2D eigenvalue weighted by Gasteiger charge is -2.20. The van der Waals surface area contributed by atoms with Crippen LogP contribution in [0.3, 0.4) is 0 Å². The Kier molecular flexibility index (Phi) is 6.05. The molecule has 0 fully saturated rings. The minimum Gasteiger partial charge on any atom is -0.497 e. The summed E-state index contributed by atoms with van der Waals surface area (Å²) in [5.74, 6) is 0.0173. The van der Waals surface area contributed by atoms with Gasteiger partial charge >= 0.3 is 0 Å². The Balaban J connectivity index is 1.65. The Bertz CT molecular complexity index is 1140. The van der Waals surface area contributed by atoms with Crippen molar-refractivity contribution in [2.75, 3.05) is 18.6 Å². The minimum absolute atomic E-state index is 0.194. The zero-order valence-corrected chi connectivity index (χ0v) is 17.7. The molecule has 5 nitrogen and oxygen atoms in total. The average Bonchev–Trinajstić information content (AvgIpc) is 3.24. The SMILES string of the molecule is COc1ccc(C(=O)NC(=Cc2ccc(Cl)cc2)C(=O)N2CCc3ccccc32)cc1. The van der Waals surface area contributed by atoms with Crippen molar-refractivity contribution in [3.63, 3.8) is 0 Å². The molecule has 0 spiro atoms. The number of nitrogens with one attached hydrogen (secondary N) is 1. The fourth-order valence-electron chi connectivity index (χ4n) is 3.51. The number of benzene rings is 3. The molecule has 156 valence electrons. The van der Waals surface area contributed by atoms with Crippen molar-refractivity contribution in [3.8, 4) is 5.75 Å². The highest BCUT2D eigenvalue weighted by Crippen LogP contribution is 2.29. The van der Waals surface area contributed by atoms with Gasteiger partial charge in [-0.25, -0.2) is 0 Å². The highest BCUT2D eigenvalue weighted by molar-refractivity contribution is 6.30. The van der Waals surface area contributed by atoms with Gasteiger partial charge in [-0.2, -0.15) is 0 Å². The van der Waals surface area contributed by atoms with Gasteiger partial charge < -0.3 is 15.0 Å². The van der Waals surface area contributed by atoms with E-state index in [0.29, 0.717) is 22.9 Å². The molecule has 1 N–H and O–H groups in total. The quantitative estimate of drug-likeness (QED) is 0.594. The van der Waals surface area contributed by atoms with Crippen LogP contribution in [0.15, 0.2) is 78.5 Å². The van der Waals surface area contributed by atoms with Crippen LogP contribution in [0, 0.1) is 0 Å². The molecule has 0 aromatic heterocycles. The van der Waals surface area contributed by atoms with Gasteiger partial charge in [0.1, 0.15) is 11.4 Å². The summed E-state index contributed by atoms with van der Waals surface area (Å²) in [6, 6.07) is 21.6. The van der Waals surface area contributed by atoms with E-state index in [-0.39, 0.29) is 17.5 Å². The van der Waals surface area contributed by atoms with Crippen molar-refractivity contribution >= 4 is 35.2 Å². The third-order valence-electron chi connectivity index (χ3n) is 5.14. The molecule has 6 heteroatoms. The molecule has 0 aliphatic carbocycles. The van der Waals surface area contributed by atoms with Gasteiger partial charge in [0.25, 0.3) is 11.8 Å². The normalized spacial score (nSPS) is 13.0. The molecule has 0 saturated heterocycles. The number of nitrogens with zero attached hydrogens (tertiary/aromatic N) is 1. The maximum absolute atomic E-state index is 13.4. The Labute approximate surface area is 185 Å². The monoisotopic (exact) mass is 432 g/mol. The van der Waals surface area contributed by atoms with Gasteiger partial charge in [0, 0.05) is 22.8 Å². The molecule has 3 aromatic carbocycles. The second kappa shape index (κ2) is 9.06. The molecule has 31 heavy (non-hydrogen) atoms. The number of halogens is 1. The van der Waals surface area contributed by atoms with Crippen LogP contribution in [0.1, 0.15) is 21.5 Å². The van der Waals surface area contributed by atoms with Crippen molar-refractivity contribution in [1.82, 2.24) is 5.32 Å². The topological polar surface area (TPSA) is 58.6 Å². The maximum Gasteiger partial charge on any atom is 0.274 e. The summed E-state index contributed by atoms with van der Waals surface area (Å²) >= 11 is 5.98. The van der Waals surface area contributed by atoms with E-state index in [2.05, 4.69) is 5.32 Å². The third-order valence-corrected chi connectivity index (χ3v) is 5.40. The highest BCUT2D eigenvalue weighted by Gasteiger charge is 2.27. The number of rotatable bonds is 5. The summed E-state index contributed by atoms with van der Waals surface area (Å²) in [6.45, 7) is 0.564. The van der Waals surface area contributed by atoms with Crippen molar-refractivity contribution in [2.24, 2.45) is 0 Å². The predicted molar refractivity (Wildman–Crippen MR) is 122 cm³/mol. The first kappa shape index (κ1) is 20.7. The second-order valence-corrected chi connectivity index (χ2v) is 7.56. The van der Waals surface area contributed by atoms with E-state index in [4.69, 9.17) is 16.3 Å². The number of para-hydroxylation sites is 1. The van der Waals surface area contributed by atoms with Crippen LogP contribution in [0.25, 0.3) is 6.08 Å². The summed E-state index contributed by atoms with van der Waals surface area (Å²) in [6.07, 6.45) is 2.45. The van der Waals surface area contributed by atoms with Gasteiger partial charge in [0.2, 0.25) is 0 Å². The summed E-state index contributed by atoms with van der Waals surface area (Å²) in [5.41, 5.74) is 3.36. The summed E-state index contributed by atoms with van der Waals surface area (Å²) < 4.78 is 5.14. The first-order valence-electron chi connectivity index (χ1n) is 9.87. The van der Waals surface area contributed by atoms with Crippen LogP contribution in [0.5, 0.6) is 5.75 Å². The van der Waals surface area contributed by atoms with E-state index in [1.165, 1.54) is 0 Å². The van der Waals surface area contributed by atoms with E-state index < -0.39 is 0 Å². The average molecular weight is 433 g/mol. The van der Waals surface area contributed by atoms with Crippen molar-refractivity contribution in [3.05, 3.63) is 100 Å². The number of hydrogen-bond acceptors (Lipinski definition) is 3. The van der Waals surface area contributed by atoms with Gasteiger partial charge in [-0.15, -0.1) is 0 Å². The fraction of sp³-hybridized carbons (Fsp3) is 0.120. The number of hydrogen-bond donors (Lipinski definition) is 1. The number of ether oxygens (including phenoxy) is 1. The van der Waals surface area contributed by atoms with Gasteiger partial charge in [-0.05, 0) is 66.1 Å².